The van der Waals surface area contributed by atoms with Gasteiger partial charge in [0.1, 0.15) is 5.82 Å². The Labute approximate surface area is 147 Å². The number of anilines is 1. The van der Waals surface area contributed by atoms with Gasteiger partial charge >= 0.3 is 0 Å². The highest BCUT2D eigenvalue weighted by atomic mass is 32.2. The molecular weight excluding hydrogens is 343 g/mol. The number of hydrogen-bond donors (Lipinski definition) is 1. The molecule has 5 nitrogen and oxygen atoms in total. The highest BCUT2D eigenvalue weighted by Crippen LogP contribution is 2.22. The summed E-state index contributed by atoms with van der Waals surface area (Å²) in [6, 6.07) is 10.5. The molecule has 1 amide bonds. The molecule has 0 aromatic heterocycles. The number of carbonyl (C=O) groups is 1. The summed E-state index contributed by atoms with van der Waals surface area (Å²) in [5.74, 6) is -0.614. The van der Waals surface area contributed by atoms with Crippen LogP contribution in [0.4, 0.5) is 10.1 Å². The van der Waals surface area contributed by atoms with E-state index in [1.807, 2.05) is 6.92 Å². The fraction of sp³-hybridized carbons (Fsp3) is 0.278. The number of halogens is 1. The summed E-state index contributed by atoms with van der Waals surface area (Å²) < 4.78 is 37.4. The Morgan fingerprint density at radius 1 is 1.16 bits per heavy atom. The number of rotatable bonds is 5. The maximum Gasteiger partial charge on any atom is 0.251 e. The number of amides is 1. The van der Waals surface area contributed by atoms with Crippen molar-refractivity contribution in [3.05, 3.63) is 65.0 Å². The Morgan fingerprint density at radius 3 is 2.28 bits per heavy atom. The van der Waals surface area contributed by atoms with Crippen molar-refractivity contribution < 1.29 is 17.6 Å². The molecule has 2 aromatic rings. The van der Waals surface area contributed by atoms with E-state index >= 15 is 0 Å². The SMILES string of the molecule is Cc1cc(C(=O)N[C@@H](C)c2ccc(F)cc2)ccc1N(C)S(C)(=O)=O. The predicted octanol–water partition coefficient (Wildman–Crippen LogP) is 3.02. The Morgan fingerprint density at radius 2 is 1.76 bits per heavy atom. The van der Waals surface area contributed by atoms with Crippen molar-refractivity contribution in [1.29, 1.82) is 0 Å². The molecule has 0 bridgehead atoms. The molecule has 0 fully saturated rings. The van der Waals surface area contributed by atoms with Gasteiger partial charge in [0.25, 0.3) is 5.91 Å². The van der Waals surface area contributed by atoms with E-state index in [4.69, 9.17) is 0 Å². The van der Waals surface area contributed by atoms with Gasteiger partial charge in [0, 0.05) is 12.6 Å². The first-order valence-corrected chi connectivity index (χ1v) is 9.55. The summed E-state index contributed by atoms with van der Waals surface area (Å²) in [4.78, 5) is 12.4. The van der Waals surface area contributed by atoms with Crippen LogP contribution >= 0.6 is 0 Å². The smallest absolute Gasteiger partial charge is 0.251 e. The maximum absolute atomic E-state index is 13.0. The molecule has 1 N–H and O–H groups in total. The molecule has 0 radical (unpaired) electrons. The van der Waals surface area contributed by atoms with Crippen molar-refractivity contribution >= 4 is 21.6 Å². The molecule has 2 rings (SSSR count). The lowest BCUT2D eigenvalue weighted by Crippen LogP contribution is -2.28. The van der Waals surface area contributed by atoms with Crippen molar-refractivity contribution in [3.8, 4) is 0 Å². The van der Waals surface area contributed by atoms with Crippen LogP contribution in [-0.2, 0) is 10.0 Å². The van der Waals surface area contributed by atoms with Gasteiger partial charge in [-0.1, -0.05) is 12.1 Å². The molecule has 134 valence electrons. The predicted molar refractivity (Wildman–Crippen MR) is 96.7 cm³/mol. The summed E-state index contributed by atoms with van der Waals surface area (Å²) in [7, 11) is -1.90. The van der Waals surface area contributed by atoms with Gasteiger partial charge in [-0.2, -0.15) is 0 Å². The maximum atomic E-state index is 13.0. The molecule has 0 aliphatic carbocycles. The minimum Gasteiger partial charge on any atom is -0.346 e. The van der Waals surface area contributed by atoms with Gasteiger partial charge in [-0.05, 0) is 55.3 Å². The lowest BCUT2D eigenvalue weighted by Gasteiger charge is -2.20. The highest BCUT2D eigenvalue weighted by Gasteiger charge is 2.17. The van der Waals surface area contributed by atoms with E-state index in [1.54, 1.807) is 37.3 Å². The topological polar surface area (TPSA) is 66.5 Å². The van der Waals surface area contributed by atoms with Crippen LogP contribution in [0.2, 0.25) is 0 Å². The number of sulfonamides is 1. The zero-order valence-electron chi connectivity index (χ0n) is 14.6. The van der Waals surface area contributed by atoms with Crippen molar-refractivity contribution in [1.82, 2.24) is 5.32 Å². The highest BCUT2D eigenvalue weighted by molar-refractivity contribution is 7.92. The van der Waals surface area contributed by atoms with Crippen LogP contribution in [0.3, 0.4) is 0 Å². The third kappa shape index (κ3) is 4.57. The normalized spacial score (nSPS) is 12.5. The van der Waals surface area contributed by atoms with E-state index in [0.29, 0.717) is 16.8 Å². The third-order valence-electron chi connectivity index (χ3n) is 4.01. The second kappa shape index (κ2) is 7.23. The van der Waals surface area contributed by atoms with Crippen molar-refractivity contribution in [3.63, 3.8) is 0 Å². The van der Waals surface area contributed by atoms with Crippen molar-refractivity contribution in [2.45, 2.75) is 19.9 Å². The molecule has 0 saturated heterocycles. The van der Waals surface area contributed by atoms with E-state index in [-0.39, 0.29) is 17.8 Å². The first-order chi connectivity index (χ1) is 11.6. The number of carbonyl (C=O) groups excluding carboxylic acids is 1. The lowest BCUT2D eigenvalue weighted by atomic mass is 10.1. The fourth-order valence-corrected chi connectivity index (χ4v) is 3.01. The number of hydrogen-bond acceptors (Lipinski definition) is 3. The summed E-state index contributed by atoms with van der Waals surface area (Å²) >= 11 is 0. The molecule has 1 atom stereocenters. The Balaban J connectivity index is 2.17. The Hall–Kier alpha value is -2.41. The monoisotopic (exact) mass is 364 g/mol. The fourth-order valence-electron chi connectivity index (χ4n) is 2.44. The number of benzene rings is 2. The second-order valence-electron chi connectivity index (χ2n) is 5.98. The summed E-state index contributed by atoms with van der Waals surface area (Å²) in [6.45, 7) is 3.56. The van der Waals surface area contributed by atoms with E-state index in [2.05, 4.69) is 5.32 Å². The van der Waals surface area contributed by atoms with Gasteiger partial charge in [0.2, 0.25) is 10.0 Å². The summed E-state index contributed by atoms with van der Waals surface area (Å²) in [5, 5.41) is 2.84. The minimum atomic E-state index is -3.37. The molecule has 0 heterocycles. The zero-order chi connectivity index (χ0) is 18.8. The van der Waals surface area contributed by atoms with Crippen molar-refractivity contribution in [2.24, 2.45) is 0 Å². The van der Waals surface area contributed by atoms with Crippen LogP contribution in [-0.4, -0.2) is 27.6 Å². The lowest BCUT2D eigenvalue weighted by molar-refractivity contribution is 0.0940. The standard InChI is InChI=1S/C18H21FN2O3S/c1-12-11-15(7-10-17(12)21(3)25(4,23)24)18(22)20-13(2)14-5-8-16(19)9-6-14/h5-11,13H,1-4H3,(H,20,22)/t13-/m0/s1. The van der Waals surface area contributed by atoms with Gasteiger partial charge in [-0.3, -0.25) is 9.10 Å². The molecule has 0 aliphatic heterocycles. The average molecular weight is 364 g/mol. The van der Waals surface area contributed by atoms with Gasteiger partial charge in [0.05, 0.1) is 18.0 Å². The summed E-state index contributed by atoms with van der Waals surface area (Å²) in [6.07, 6.45) is 1.12. The van der Waals surface area contributed by atoms with Gasteiger partial charge in [0.15, 0.2) is 0 Å². The summed E-state index contributed by atoms with van der Waals surface area (Å²) in [5.41, 5.74) is 2.41. The van der Waals surface area contributed by atoms with Gasteiger partial charge in [-0.15, -0.1) is 0 Å². The second-order valence-corrected chi connectivity index (χ2v) is 7.99. The van der Waals surface area contributed by atoms with Crippen LogP contribution in [0.1, 0.15) is 34.5 Å². The van der Waals surface area contributed by atoms with Gasteiger partial charge < -0.3 is 5.32 Å². The van der Waals surface area contributed by atoms with Crippen LogP contribution in [0.5, 0.6) is 0 Å². The molecular formula is C18H21FN2O3S. The van der Waals surface area contributed by atoms with E-state index in [9.17, 15) is 17.6 Å². The Bertz CT molecular complexity index is 880. The molecule has 0 saturated carbocycles. The molecule has 2 aromatic carbocycles. The largest absolute Gasteiger partial charge is 0.346 e. The average Bonchev–Trinajstić information content (AvgIpc) is 2.53. The van der Waals surface area contributed by atoms with Crippen LogP contribution in [0, 0.1) is 12.7 Å². The van der Waals surface area contributed by atoms with Crippen molar-refractivity contribution in [2.75, 3.05) is 17.6 Å². The van der Waals surface area contributed by atoms with Crippen LogP contribution in [0.15, 0.2) is 42.5 Å². The molecule has 0 unspecified atom stereocenters. The third-order valence-corrected chi connectivity index (χ3v) is 5.20. The molecule has 25 heavy (non-hydrogen) atoms. The minimum absolute atomic E-state index is 0.284. The Kier molecular flexibility index (Phi) is 5.47. The van der Waals surface area contributed by atoms with Crippen LogP contribution < -0.4 is 9.62 Å². The van der Waals surface area contributed by atoms with E-state index < -0.39 is 10.0 Å². The van der Waals surface area contributed by atoms with Gasteiger partial charge in [-0.25, -0.2) is 12.8 Å². The van der Waals surface area contributed by atoms with E-state index in [1.165, 1.54) is 23.5 Å². The first-order valence-electron chi connectivity index (χ1n) is 7.70. The quantitative estimate of drug-likeness (QED) is 0.887. The number of nitrogens with zero attached hydrogens (tertiary/aromatic N) is 1. The molecule has 0 spiro atoms. The first kappa shape index (κ1) is 18.9. The molecule has 7 heteroatoms. The van der Waals surface area contributed by atoms with Crippen LogP contribution in [0.25, 0.3) is 0 Å². The zero-order valence-corrected chi connectivity index (χ0v) is 15.4. The number of nitrogens with one attached hydrogen (secondary N) is 1. The van der Waals surface area contributed by atoms with E-state index in [0.717, 1.165) is 11.8 Å². The molecule has 0 aliphatic rings. The number of aryl methyl sites for hydroxylation is 1.